The molecule has 0 unspecified atom stereocenters. The van der Waals surface area contributed by atoms with E-state index in [9.17, 15) is 19.1 Å². The Kier molecular flexibility index (Phi) is 5.82. The van der Waals surface area contributed by atoms with Crippen LogP contribution in [0, 0.1) is 5.82 Å². The Morgan fingerprint density at radius 2 is 1.52 bits per heavy atom. The van der Waals surface area contributed by atoms with Crippen molar-refractivity contribution in [2.45, 2.75) is 0 Å². The van der Waals surface area contributed by atoms with Crippen LogP contribution in [0.2, 0.25) is 0 Å². The molecule has 1 amide bonds. The molecule has 1 aromatic carbocycles. The molecule has 27 heavy (non-hydrogen) atoms. The highest BCUT2D eigenvalue weighted by atomic mass is 19.1. The number of carboxylic acid groups (broad SMARTS) is 1. The third kappa shape index (κ3) is 3.63. The first-order chi connectivity index (χ1) is 12.5. The number of nitrogens with zero attached hydrogens (tertiary/aromatic N) is 1. The van der Waals surface area contributed by atoms with Gasteiger partial charge in [-0.3, -0.25) is 14.6 Å². The Hall–Kier alpha value is -2.57. The number of aromatic nitrogens is 1. The van der Waals surface area contributed by atoms with Gasteiger partial charge in [0.2, 0.25) is 0 Å². The van der Waals surface area contributed by atoms with Gasteiger partial charge in [-0.05, 0) is 22.2 Å². The van der Waals surface area contributed by atoms with Crippen LogP contribution >= 0.6 is 0 Å². The second-order valence-corrected chi connectivity index (χ2v) is 5.40. The quantitative estimate of drug-likeness (QED) is 0.478. The molecule has 1 aromatic heterocycles. The highest BCUT2D eigenvalue weighted by Crippen LogP contribution is 2.17. The number of aliphatic carboxylic acids is 1. The number of carbonyl (C=O) groups is 2. The first-order valence-corrected chi connectivity index (χ1v) is 7.18. The van der Waals surface area contributed by atoms with E-state index >= 15 is 0 Å². The lowest BCUT2D eigenvalue weighted by Gasteiger charge is -2.23. The predicted molar refractivity (Wildman–Crippen MR) is 104 cm³/mol. The lowest BCUT2D eigenvalue weighted by atomic mass is 9.63. The first-order valence-electron chi connectivity index (χ1n) is 7.18. The van der Waals surface area contributed by atoms with Gasteiger partial charge in [0.1, 0.15) is 65.2 Å². The lowest BCUT2D eigenvalue weighted by molar-refractivity contribution is -0.135. The molecular weight excluding hydrogens is 344 g/mol. The lowest BCUT2D eigenvalue weighted by Crippen LogP contribution is -2.48. The molecule has 0 aliphatic carbocycles. The predicted octanol–water partition coefficient (Wildman–Crippen LogP) is -5.83. The molecule has 120 valence electrons. The number of carbonyl (C=O) groups excluding carboxylic acids is 1. The molecule has 2 aromatic rings. The highest BCUT2D eigenvalue weighted by Gasteiger charge is 2.23. The second kappa shape index (κ2) is 7.58. The smallest absolute Gasteiger partial charge is 0.322 e. The zero-order valence-electron chi connectivity index (χ0n) is 13.7. The molecule has 0 saturated heterocycles. The monoisotopic (exact) mass is 350 g/mol. The Balaban J connectivity index is 2.71. The van der Waals surface area contributed by atoms with Crippen LogP contribution in [-0.2, 0) is 4.79 Å². The van der Waals surface area contributed by atoms with Gasteiger partial charge in [-0.2, -0.15) is 0 Å². The second-order valence-electron chi connectivity index (χ2n) is 5.40. The Morgan fingerprint density at radius 1 is 0.926 bits per heavy atom. The van der Waals surface area contributed by atoms with Gasteiger partial charge in [-0.1, -0.05) is 16.4 Å². The Bertz CT molecular complexity index is 956. The van der Waals surface area contributed by atoms with Gasteiger partial charge >= 0.3 is 5.97 Å². The number of hydrogen-bond acceptors (Lipinski definition) is 4. The molecule has 0 aliphatic heterocycles. The minimum absolute atomic E-state index is 0.255. The summed E-state index contributed by atoms with van der Waals surface area (Å²) in [6, 6.07) is 0. The molecule has 0 atom stereocenters. The van der Waals surface area contributed by atoms with E-state index < -0.39 is 57.7 Å². The molecule has 3 N–H and O–H groups in total. The molecule has 0 saturated carbocycles. The maximum atomic E-state index is 14.2. The number of nitrogens with one attached hydrogen (secondary N) is 1. The van der Waals surface area contributed by atoms with Crippen LogP contribution in [0.4, 0.5) is 4.39 Å². The maximum absolute atomic E-state index is 14.2. The fraction of sp³-hybridized carbons (Fsp3) is 0.0714. The molecule has 0 spiro atoms. The van der Waals surface area contributed by atoms with Crippen LogP contribution in [0.5, 0.6) is 5.75 Å². The van der Waals surface area contributed by atoms with Crippen molar-refractivity contribution >= 4 is 91.9 Å². The zero-order chi connectivity index (χ0) is 20.6. The summed E-state index contributed by atoms with van der Waals surface area (Å²) in [5, 5.41) is 20.8. The van der Waals surface area contributed by atoms with Gasteiger partial charge in [0, 0.05) is 0 Å². The maximum Gasteiger partial charge on any atom is 0.322 e. The van der Waals surface area contributed by atoms with Crippen LogP contribution in [0.1, 0.15) is 10.5 Å². The highest BCUT2D eigenvalue weighted by molar-refractivity contribution is 6.62. The van der Waals surface area contributed by atoms with Crippen molar-refractivity contribution in [1.29, 1.82) is 0 Å². The summed E-state index contributed by atoms with van der Waals surface area (Å²) in [6.07, 6.45) is 0. The minimum atomic E-state index is -1.33. The van der Waals surface area contributed by atoms with Crippen molar-refractivity contribution in [3.05, 3.63) is 11.5 Å². The molecule has 0 fully saturated rings. The van der Waals surface area contributed by atoms with Gasteiger partial charge in [-0.25, -0.2) is 4.39 Å². The van der Waals surface area contributed by atoms with Crippen molar-refractivity contribution in [3.8, 4) is 16.9 Å². The van der Waals surface area contributed by atoms with Crippen LogP contribution in [0.15, 0.2) is 0 Å². The molecular formula is C14H5B6FN2O4. The largest absolute Gasteiger partial charge is 0.506 e. The molecule has 2 rings (SSSR count). The summed E-state index contributed by atoms with van der Waals surface area (Å²) in [7, 11) is 34.2. The molecule has 12 radical (unpaired) electrons. The number of halogens is 1. The molecule has 0 bridgehead atoms. The average Bonchev–Trinajstić information content (AvgIpc) is 2.62. The van der Waals surface area contributed by atoms with Crippen LogP contribution in [-0.4, -0.2) is 80.7 Å². The third-order valence-electron chi connectivity index (χ3n) is 3.69. The van der Waals surface area contributed by atoms with E-state index in [2.05, 4.69) is 4.98 Å². The van der Waals surface area contributed by atoms with Crippen molar-refractivity contribution in [2.24, 2.45) is 0 Å². The molecule has 1 heterocycles. The van der Waals surface area contributed by atoms with Gasteiger partial charge in [-0.15, -0.1) is 5.46 Å². The Morgan fingerprint density at radius 3 is 2.07 bits per heavy atom. The van der Waals surface area contributed by atoms with E-state index in [-0.39, 0.29) is 22.1 Å². The van der Waals surface area contributed by atoms with Crippen molar-refractivity contribution in [1.82, 2.24) is 10.3 Å². The third-order valence-corrected chi connectivity index (χ3v) is 3.69. The van der Waals surface area contributed by atoms with Gasteiger partial charge in [0.25, 0.3) is 5.91 Å². The zero-order valence-corrected chi connectivity index (χ0v) is 13.7. The summed E-state index contributed by atoms with van der Waals surface area (Å²) in [6.45, 7) is -0.735. The van der Waals surface area contributed by atoms with Gasteiger partial charge in [0.15, 0.2) is 5.69 Å². The number of pyridine rings is 1. The minimum Gasteiger partial charge on any atom is -0.506 e. The summed E-state index contributed by atoms with van der Waals surface area (Å²) >= 11 is 0. The normalized spacial score (nSPS) is 10.6. The fourth-order valence-electron chi connectivity index (χ4n) is 2.34. The Labute approximate surface area is 161 Å². The van der Waals surface area contributed by atoms with Crippen LogP contribution in [0.25, 0.3) is 11.1 Å². The summed E-state index contributed by atoms with van der Waals surface area (Å²) < 4.78 is 14.2. The average molecular weight is 349 g/mol. The molecule has 0 aliphatic rings. The number of hydrogen-bond donors (Lipinski definition) is 3. The van der Waals surface area contributed by atoms with E-state index in [1.165, 1.54) is 0 Å². The van der Waals surface area contributed by atoms with Crippen molar-refractivity contribution in [3.63, 3.8) is 0 Å². The van der Waals surface area contributed by atoms with E-state index in [4.69, 9.17) is 52.2 Å². The number of carboxylic acids is 1. The van der Waals surface area contributed by atoms with Crippen molar-refractivity contribution in [2.75, 3.05) is 6.54 Å². The van der Waals surface area contributed by atoms with E-state index in [0.29, 0.717) is 0 Å². The summed E-state index contributed by atoms with van der Waals surface area (Å²) in [4.78, 5) is 26.2. The summed E-state index contributed by atoms with van der Waals surface area (Å²) in [5.41, 5.74) is -3.69. The van der Waals surface area contributed by atoms with Gasteiger partial charge < -0.3 is 15.5 Å². The summed E-state index contributed by atoms with van der Waals surface area (Å²) in [5.74, 6) is -4.28. The molecule has 6 nitrogen and oxygen atoms in total. The SMILES string of the molecule is [B]c1nc(C(=O)NCC(=O)O)c(O)c([B])c1-c1c([B])c([B])c([B])c(F)c1[B]. The topological polar surface area (TPSA) is 99.5 Å². The standard InChI is InChI=1S/C14H5B6FN2O4/c15-5-3(6(16)10(21)9(19)8(5)18)4-7(17)12(26)11(23-13(4)20)14(27)22-1-2(24)25/h26H,1H2,(H,22,27)(H,24,25). The van der Waals surface area contributed by atoms with E-state index in [1.807, 2.05) is 5.32 Å². The molecule has 13 heteroatoms. The van der Waals surface area contributed by atoms with Crippen molar-refractivity contribution < 1.29 is 24.2 Å². The number of amides is 1. The van der Waals surface area contributed by atoms with E-state index in [0.717, 1.165) is 0 Å². The number of aromatic hydroxyl groups is 1. The van der Waals surface area contributed by atoms with E-state index in [1.54, 1.807) is 0 Å². The van der Waals surface area contributed by atoms with Gasteiger partial charge in [0.05, 0.1) is 0 Å². The first kappa shape index (κ1) is 20.7. The number of rotatable bonds is 4. The van der Waals surface area contributed by atoms with Crippen LogP contribution < -0.4 is 38.2 Å². The fourth-order valence-corrected chi connectivity index (χ4v) is 2.34. The number of benzene rings is 1. The van der Waals surface area contributed by atoms with Crippen LogP contribution in [0.3, 0.4) is 0 Å².